The number of carbonyl (C=O) groups excluding carboxylic acids is 2. The Bertz CT molecular complexity index is 901. The summed E-state index contributed by atoms with van der Waals surface area (Å²) in [5.41, 5.74) is 3.35. The molecule has 2 unspecified atom stereocenters. The van der Waals surface area contributed by atoms with Gasteiger partial charge >= 0.3 is 5.97 Å². The number of aromatic nitrogens is 1. The van der Waals surface area contributed by atoms with Crippen LogP contribution in [0.5, 0.6) is 0 Å². The van der Waals surface area contributed by atoms with Crippen molar-refractivity contribution < 1.29 is 19.5 Å². The summed E-state index contributed by atoms with van der Waals surface area (Å²) >= 11 is 0. The highest BCUT2D eigenvalue weighted by atomic mass is 16.4. The summed E-state index contributed by atoms with van der Waals surface area (Å²) in [6.07, 6.45) is 1.43. The third-order valence-corrected chi connectivity index (χ3v) is 5.51. The first-order valence-corrected chi connectivity index (χ1v) is 9.64. The fourth-order valence-corrected chi connectivity index (χ4v) is 4.25. The van der Waals surface area contributed by atoms with E-state index >= 15 is 0 Å². The van der Waals surface area contributed by atoms with Crippen LogP contribution in [0.3, 0.4) is 0 Å². The molecule has 1 amide bonds. The van der Waals surface area contributed by atoms with E-state index in [0.29, 0.717) is 29.9 Å². The molecule has 0 spiro atoms. The Balaban J connectivity index is 1.94. The number of aryl methyl sites for hydroxylation is 1. The van der Waals surface area contributed by atoms with Gasteiger partial charge in [0.15, 0.2) is 5.78 Å². The monoisotopic (exact) mass is 382 g/mol. The third-order valence-electron chi connectivity index (χ3n) is 5.51. The highest BCUT2D eigenvalue weighted by molar-refractivity contribution is 6.03. The number of aromatic amines is 1. The second kappa shape index (κ2) is 8.00. The van der Waals surface area contributed by atoms with Crippen molar-refractivity contribution in [3.8, 4) is 0 Å². The Morgan fingerprint density at radius 1 is 1.18 bits per heavy atom. The number of likely N-dealkylation sites (tertiary alicyclic amines) is 1. The lowest BCUT2D eigenvalue weighted by molar-refractivity contribution is -0.141. The number of aliphatic carboxylic acids is 1. The summed E-state index contributed by atoms with van der Waals surface area (Å²) in [6, 6.07) is 9.46. The molecule has 1 saturated heterocycles. The summed E-state index contributed by atoms with van der Waals surface area (Å²) in [4.78, 5) is 41.9. The van der Waals surface area contributed by atoms with Gasteiger partial charge in [0.1, 0.15) is 5.69 Å². The molecule has 6 nitrogen and oxygen atoms in total. The molecule has 1 aliphatic heterocycles. The van der Waals surface area contributed by atoms with Gasteiger partial charge in [-0.15, -0.1) is 0 Å². The summed E-state index contributed by atoms with van der Waals surface area (Å²) in [7, 11) is 0. The molecule has 2 aromatic rings. The van der Waals surface area contributed by atoms with Crippen LogP contribution in [0.25, 0.3) is 0 Å². The van der Waals surface area contributed by atoms with E-state index in [1.54, 1.807) is 11.8 Å². The van der Waals surface area contributed by atoms with Crippen molar-refractivity contribution >= 4 is 17.7 Å². The predicted octanol–water partition coefficient (Wildman–Crippen LogP) is 3.42. The first-order chi connectivity index (χ1) is 13.3. The quantitative estimate of drug-likeness (QED) is 0.749. The molecule has 6 heteroatoms. The van der Waals surface area contributed by atoms with E-state index in [1.807, 2.05) is 37.3 Å². The largest absolute Gasteiger partial charge is 0.481 e. The van der Waals surface area contributed by atoms with Crippen molar-refractivity contribution in [3.05, 3.63) is 58.4 Å². The van der Waals surface area contributed by atoms with E-state index in [-0.39, 0.29) is 24.2 Å². The number of carboxylic acids is 1. The number of ketones is 1. The average molecular weight is 382 g/mol. The lowest BCUT2D eigenvalue weighted by atomic mass is 9.89. The van der Waals surface area contributed by atoms with Crippen LogP contribution in [-0.4, -0.2) is 45.7 Å². The normalized spacial score (nSPS) is 19.0. The summed E-state index contributed by atoms with van der Waals surface area (Å²) in [5.74, 6) is -2.10. The van der Waals surface area contributed by atoms with E-state index < -0.39 is 11.9 Å². The molecule has 28 heavy (non-hydrogen) atoms. The number of hydrogen-bond donors (Lipinski definition) is 2. The van der Waals surface area contributed by atoms with Crippen LogP contribution in [0.1, 0.15) is 63.9 Å². The molecule has 2 heterocycles. The topological polar surface area (TPSA) is 90.5 Å². The first-order valence-electron chi connectivity index (χ1n) is 9.64. The van der Waals surface area contributed by atoms with Crippen LogP contribution in [0.15, 0.2) is 30.3 Å². The number of amides is 1. The van der Waals surface area contributed by atoms with Gasteiger partial charge in [0.2, 0.25) is 0 Å². The number of nitrogens with one attached hydrogen (secondary N) is 1. The number of rotatable bonds is 6. The molecule has 0 saturated carbocycles. The van der Waals surface area contributed by atoms with Crippen molar-refractivity contribution in [1.82, 2.24) is 9.88 Å². The Morgan fingerprint density at radius 3 is 2.43 bits per heavy atom. The van der Waals surface area contributed by atoms with Gasteiger partial charge in [-0.25, -0.2) is 0 Å². The second-order valence-electron chi connectivity index (χ2n) is 7.46. The third kappa shape index (κ3) is 3.59. The van der Waals surface area contributed by atoms with E-state index in [1.165, 1.54) is 6.92 Å². The zero-order chi connectivity index (χ0) is 20.4. The van der Waals surface area contributed by atoms with Gasteiger partial charge in [-0.2, -0.15) is 0 Å². The Kier molecular flexibility index (Phi) is 5.68. The Labute approximate surface area is 164 Å². The van der Waals surface area contributed by atoms with Gasteiger partial charge in [-0.1, -0.05) is 43.7 Å². The maximum absolute atomic E-state index is 13.3. The number of Topliss-reactive ketones (excluding diaryl/α,β-unsaturated/α-hetero) is 1. The van der Waals surface area contributed by atoms with Crippen molar-refractivity contribution in [1.29, 1.82) is 0 Å². The highest BCUT2D eigenvalue weighted by Gasteiger charge is 2.41. The minimum absolute atomic E-state index is 0.0664. The first kappa shape index (κ1) is 19.9. The number of H-pyrrole nitrogens is 1. The lowest BCUT2D eigenvalue weighted by Crippen LogP contribution is -2.31. The fraction of sp³-hybridized carbons (Fsp3) is 0.409. The van der Waals surface area contributed by atoms with Gasteiger partial charge in [0.25, 0.3) is 5.91 Å². The number of hydrogen-bond acceptors (Lipinski definition) is 3. The summed E-state index contributed by atoms with van der Waals surface area (Å²) < 4.78 is 0. The summed E-state index contributed by atoms with van der Waals surface area (Å²) in [6.45, 7) is 5.81. The minimum Gasteiger partial charge on any atom is -0.481 e. The number of carbonyl (C=O) groups is 3. The molecule has 0 aliphatic carbocycles. The molecular formula is C22H26N2O4. The molecule has 1 aliphatic rings. The van der Waals surface area contributed by atoms with Gasteiger partial charge in [-0.3, -0.25) is 14.4 Å². The van der Waals surface area contributed by atoms with Crippen LogP contribution in [0, 0.1) is 12.8 Å². The second-order valence-corrected chi connectivity index (χ2v) is 7.46. The summed E-state index contributed by atoms with van der Waals surface area (Å²) in [5, 5.41) is 9.68. The molecule has 1 aromatic carbocycles. The number of nitrogens with zero attached hydrogens (tertiary/aromatic N) is 1. The SMILES string of the molecule is CCCc1c(C(=O)N2CC(C(=O)O)C(c3ccccc3)C2)[nH]c(C)c1C(C)=O. The smallest absolute Gasteiger partial charge is 0.308 e. The molecule has 2 N–H and O–H groups in total. The van der Waals surface area contributed by atoms with E-state index in [9.17, 15) is 19.5 Å². The molecule has 3 rings (SSSR count). The maximum Gasteiger partial charge on any atom is 0.308 e. The van der Waals surface area contributed by atoms with Gasteiger partial charge in [0, 0.05) is 30.3 Å². The highest BCUT2D eigenvalue weighted by Crippen LogP contribution is 2.34. The zero-order valence-corrected chi connectivity index (χ0v) is 16.5. The van der Waals surface area contributed by atoms with Crippen LogP contribution >= 0.6 is 0 Å². The van der Waals surface area contributed by atoms with Crippen LogP contribution in [-0.2, 0) is 11.2 Å². The van der Waals surface area contributed by atoms with Crippen LogP contribution in [0.4, 0.5) is 0 Å². The van der Waals surface area contributed by atoms with E-state index in [4.69, 9.17) is 0 Å². The van der Waals surface area contributed by atoms with Crippen molar-refractivity contribution in [3.63, 3.8) is 0 Å². The predicted molar refractivity (Wildman–Crippen MR) is 106 cm³/mol. The van der Waals surface area contributed by atoms with Crippen molar-refractivity contribution in [2.45, 2.75) is 39.5 Å². The molecule has 1 fully saturated rings. The van der Waals surface area contributed by atoms with Crippen molar-refractivity contribution in [2.75, 3.05) is 13.1 Å². The van der Waals surface area contributed by atoms with Gasteiger partial charge in [-0.05, 0) is 31.4 Å². The number of carboxylic acid groups (broad SMARTS) is 1. The average Bonchev–Trinajstić information content (AvgIpc) is 3.24. The standard InChI is InChI=1S/C22H26N2O4/c1-4-8-16-19(14(3)25)13(2)23-20(16)21(26)24-11-17(18(12-24)22(27)28)15-9-6-5-7-10-15/h5-7,9-10,17-18,23H,4,8,11-12H2,1-3H3,(H,27,28). The van der Waals surface area contributed by atoms with Gasteiger partial charge < -0.3 is 15.0 Å². The van der Waals surface area contributed by atoms with E-state index in [2.05, 4.69) is 4.98 Å². The maximum atomic E-state index is 13.3. The van der Waals surface area contributed by atoms with E-state index in [0.717, 1.165) is 17.5 Å². The molecule has 2 atom stereocenters. The zero-order valence-electron chi connectivity index (χ0n) is 16.5. The Hall–Kier alpha value is -2.89. The molecule has 148 valence electrons. The fourth-order valence-electron chi connectivity index (χ4n) is 4.25. The van der Waals surface area contributed by atoms with Gasteiger partial charge in [0.05, 0.1) is 5.92 Å². The molecule has 1 aromatic heterocycles. The van der Waals surface area contributed by atoms with Crippen LogP contribution in [0.2, 0.25) is 0 Å². The van der Waals surface area contributed by atoms with Crippen LogP contribution < -0.4 is 0 Å². The molecular weight excluding hydrogens is 356 g/mol. The molecule has 0 radical (unpaired) electrons. The number of benzene rings is 1. The van der Waals surface area contributed by atoms with Crippen molar-refractivity contribution in [2.24, 2.45) is 5.92 Å². The Morgan fingerprint density at radius 2 is 1.86 bits per heavy atom. The lowest BCUT2D eigenvalue weighted by Gasteiger charge is -2.17. The molecule has 0 bridgehead atoms. The minimum atomic E-state index is -0.898.